The number of nitro benzene ring substituents is 1. The zero-order valence-corrected chi connectivity index (χ0v) is 13.6. The molecule has 0 aliphatic heterocycles. The third-order valence-corrected chi connectivity index (χ3v) is 2.95. The Balaban J connectivity index is 1.99. The van der Waals surface area contributed by atoms with Crippen molar-refractivity contribution in [1.29, 1.82) is 0 Å². The van der Waals surface area contributed by atoms with E-state index >= 15 is 0 Å². The highest BCUT2D eigenvalue weighted by molar-refractivity contribution is 7.80. The molecule has 2 rings (SSSR count). The highest BCUT2D eigenvalue weighted by Gasteiger charge is 2.09. The number of hydrazine groups is 1. The van der Waals surface area contributed by atoms with Crippen LogP contribution in [0.2, 0.25) is 0 Å². The predicted octanol–water partition coefficient (Wildman–Crippen LogP) is 1.73. The number of nitro groups is 1. The molecule has 120 valence electrons. The standard InChI is InChI=1S/C13H15N7O2S/c1-8-14-9(2)16-12(15-8)19(3)18-13(23)17-10-4-6-11(7-5-10)20(21)22/h4-7H,1-3H3,(H2,17,18,23). The molecule has 9 nitrogen and oxygen atoms in total. The normalized spacial score (nSPS) is 10.0. The highest BCUT2D eigenvalue weighted by atomic mass is 32.1. The van der Waals surface area contributed by atoms with Gasteiger partial charge in [-0.05, 0) is 38.2 Å². The summed E-state index contributed by atoms with van der Waals surface area (Å²) in [4.78, 5) is 22.7. The Morgan fingerprint density at radius 3 is 2.26 bits per heavy atom. The van der Waals surface area contributed by atoms with Crippen LogP contribution in [0.5, 0.6) is 0 Å². The van der Waals surface area contributed by atoms with Crippen LogP contribution in [0.3, 0.4) is 0 Å². The number of rotatable bonds is 4. The SMILES string of the molecule is Cc1nc(C)nc(N(C)NC(=S)Nc2ccc([N+](=O)[O-])cc2)n1. The Hall–Kier alpha value is -2.88. The van der Waals surface area contributed by atoms with E-state index in [0.717, 1.165) is 0 Å². The van der Waals surface area contributed by atoms with Crippen molar-refractivity contribution in [2.45, 2.75) is 13.8 Å². The van der Waals surface area contributed by atoms with Crippen LogP contribution in [0.4, 0.5) is 17.3 Å². The van der Waals surface area contributed by atoms with E-state index in [2.05, 4.69) is 25.7 Å². The Morgan fingerprint density at radius 2 is 1.74 bits per heavy atom. The average molecular weight is 333 g/mol. The number of anilines is 2. The van der Waals surface area contributed by atoms with Gasteiger partial charge in [0.25, 0.3) is 5.69 Å². The van der Waals surface area contributed by atoms with Crippen molar-refractivity contribution in [2.75, 3.05) is 17.4 Å². The third kappa shape index (κ3) is 4.54. The second-order valence-electron chi connectivity index (χ2n) is 4.66. The Kier molecular flexibility index (Phi) is 4.96. The van der Waals surface area contributed by atoms with Crippen LogP contribution in [0.25, 0.3) is 0 Å². The van der Waals surface area contributed by atoms with Gasteiger partial charge in [0.2, 0.25) is 5.95 Å². The van der Waals surface area contributed by atoms with E-state index in [1.165, 1.54) is 12.1 Å². The van der Waals surface area contributed by atoms with Gasteiger partial charge in [-0.3, -0.25) is 20.5 Å². The van der Waals surface area contributed by atoms with Crippen LogP contribution in [0, 0.1) is 24.0 Å². The number of aromatic nitrogens is 3. The molecule has 0 radical (unpaired) electrons. The van der Waals surface area contributed by atoms with E-state index in [0.29, 0.717) is 28.4 Å². The van der Waals surface area contributed by atoms with E-state index in [4.69, 9.17) is 12.2 Å². The first-order valence-electron chi connectivity index (χ1n) is 6.60. The highest BCUT2D eigenvalue weighted by Crippen LogP contribution is 2.15. The van der Waals surface area contributed by atoms with Crippen molar-refractivity contribution in [3.63, 3.8) is 0 Å². The Morgan fingerprint density at radius 1 is 1.17 bits per heavy atom. The van der Waals surface area contributed by atoms with Crippen LogP contribution >= 0.6 is 12.2 Å². The predicted molar refractivity (Wildman–Crippen MR) is 90.2 cm³/mol. The summed E-state index contributed by atoms with van der Waals surface area (Å²) in [5.41, 5.74) is 3.55. The van der Waals surface area contributed by atoms with Crippen molar-refractivity contribution in [2.24, 2.45) is 0 Å². The van der Waals surface area contributed by atoms with Gasteiger partial charge in [-0.25, -0.2) is 4.98 Å². The maximum absolute atomic E-state index is 10.6. The maximum Gasteiger partial charge on any atom is 0.269 e. The zero-order valence-electron chi connectivity index (χ0n) is 12.8. The van der Waals surface area contributed by atoms with Gasteiger partial charge in [0, 0.05) is 24.9 Å². The van der Waals surface area contributed by atoms with Crippen LogP contribution in [0.1, 0.15) is 11.6 Å². The van der Waals surface area contributed by atoms with Crippen LogP contribution in [-0.4, -0.2) is 32.0 Å². The number of hydrogen-bond donors (Lipinski definition) is 2. The summed E-state index contributed by atoms with van der Waals surface area (Å²) >= 11 is 5.19. The molecule has 0 saturated heterocycles. The minimum Gasteiger partial charge on any atom is -0.331 e. The fraction of sp³-hybridized carbons (Fsp3) is 0.231. The lowest BCUT2D eigenvalue weighted by Gasteiger charge is -2.20. The van der Waals surface area contributed by atoms with Gasteiger partial charge in [-0.2, -0.15) is 9.97 Å². The third-order valence-electron chi connectivity index (χ3n) is 2.75. The quantitative estimate of drug-likeness (QED) is 0.491. The van der Waals surface area contributed by atoms with E-state index in [-0.39, 0.29) is 5.69 Å². The molecule has 0 unspecified atom stereocenters. The largest absolute Gasteiger partial charge is 0.331 e. The average Bonchev–Trinajstić information content (AvgIpc) is 2.46. The minimum atomic E-state index is -0.459. The van der Waals surface area contributed by atoms with E-state index in [1.54, 1.807) is 38.0 Å². The second kappa shape index (κ2) is 6.92. The summed E-state index contributed by atoms with van der Waals surface area (Å²) in [6.07, 6.45) is 0. The van der Waals surface area contributed by atoms with Gasteiger partial charge in [-0.1, -0.05) is 0 Å². The fourth-order valence-corrected chi connectivity index (χ4v) is 2.03. The summed E-state index contributed by atoms with van der Waals surface area (Å²) in [5.74, 6) is 1.65. The van der Waals surface area contributed by atoms with E-state index < -0.39 is 4.92 Å². The van der Waals surface area contributed by atoms with Gasteiger partial charge in [0.15, 0.2) is 5.11 Å². The lowest BCUT2D eigenvalue weighted by atomic mass is 10.3. The summed E-state index contributed by atoms with van der Waals surface area (Å²) in [6.45, 7) is 3.55. The topological polar surface area (TPSA) is 109 Å². The number of nitrogens with one attached hydrogen (secondary N) is 2. The molecule has 1 aromatic heterocycles. The van der Waals surface area contributed by atoms with Crippen molar-refractivity contribution >= 4 is 34.7 Å². The smallest absolute Gasteiger partial charge is 0.269 e. The monoisotopic (exact) mass is 333 g/mol. The Bertz CT molecular complexity index is 715. The van der Waals surface area contributed by atoms with Crippen molar-refractivity contribution in [1.82, 2.24) is 20.4 Å². The number of non-ortho nitro benzene ring substituents is 1. The van der Waals surface area contributed by atoms with Crippen LogP contribution < -0.4 is 15.8 Å². The van der Waals surface area contributed by atoms with Gasteiger partial charge < -0.3 is 5.32 Å². The van der Waals surface area contributed by atoms with E-state index in [1.807, 2.05) is 0 Å². The molecule has 0 aliphatic rings. The van der Waals surface area contributed by atoms with Crippen molar-refractivity contribution < 1.29 is 4.92 Å². The molecule has 0 saturated carbocycles. The van der Waals surface area contributed by atoms with Crippen LogP contribution in [0.15, 0.2) is 24.3 Å². The number of nitrogens with zero attached hydrogens (tertiary/aromatic N) is 5. The summed E-state index contributed by atoms with van der Waals surface area (Å²) in [5, 5.41) is 15.4. The molecule has 0 fully saturated rings. The molecule has 0 amide bonds. The molecule has 1 aromatic carbocycles. The number of benzene rings is 1. The molecule has 0 bridgehead atoms. The molecular weight excluding hydrogens is 318 g/mol. The lowest BCUT2D eigenvalue weighted by Crippen LogP contribution is -2.43. The van der Waals surface area contributed by atoms with Gasteiger partial charge >= 0.3 is 0 Å². The van der Waals surface area contributed by atoms with Crippen LogP contribution in [-0.2, 0) is 0 Å². The molecule has 1 heterocycles. The first-order valence-corrected chi connectivity index (χ1v) is 7.01. The summed E-state index contributed by atoms with van der Waals surface area (Å²) in [6, 6.07) is 5.94. The molecule has 0 aliphatic carbocycles. The van der Waals surface area contributed by atoms with Gasteiger partial charge in [0.1, 0.15) is 11.6 Å². The fourth-order valence-electron chi connectivity index (χ4n) is 1.78. The zero-order chi connectivity index (χ0) is 17.0. The molecule has 0 spiro atoms. The lowest BCUT2D eigenvalue weighted by molar-refractivity contribution is -0.384. The Labute approximate surface area is 137 Å². The molecule has 0 atom stereocenters. The molecule has 2 N–H and O–H groups in total. The minimum absolute atomic E-state index is 0.0164. The van der Waals surface area contributed by atoms with Gasteiger partial charge in [-0.15, -0.1) is 0 Å². The van der Waals surface area contributed by atoms with Crippen molar-refractivity contribution in [3.05, 3.63) is 46.0 Å². The van der Waals surface area contributed by atoms with Gasteiger partial charge in [0.05, 0.1) is 4.92 Å². The number of thiocarbonyl (C=S) groups is 1. The summed E-state index contributed by atoms with van der Waals surface area (Å²) in [7, 11) is 1.72. The molecule has 10 heteroatoms. The van der Waals surface area contributed by atoms with E-state index in [9.17, 15) is 10.1 Å². The first kappa shape index (κ1) is 16.5. The van der Waals surface area contributed by atoms with Crippen molar-refractivity contribution in [3.8, 4) is 0 Å². The second-order valence-corrected chi connectivity index (χ2v) is 5.07. The molecule has 2 aromatic rings. The number of hydrogen-bond acceptors (Lipinski definition) is 7. The maximum atomic E-state index is 10.6. The first-order chi connectivity index (χ1) is 10.8. The molecule has 23 heavy (non-hydrogen) atoms. The summed E-state index contributed by atoms with van der Waals surface area (Å²) < 4.78 is 0. The number of aryl methyl sites for hydroxylation is 2. The molecular formula is C13H15N7O2S.